The predicted octanol–water partition coefficient (Wildman–Crippen LogP) is 9.70. The minimum Gasteiger partial charge on any atom is -0.493 e. The average Bonchev–Trinajstić information content (AvgIpc) is 3.24. The van der Waals surface area contributed by atoms with E-state index in [9.17, 15) is 4.79 Å². The summed E-state index contributed by atoms with van der Waals surface area (Å²) in [5.41, 5.74) is 2.89. The van der Waals surface area contributed by atoms with Crippen molar-refractivity contribution in [3.63, 3.8) is 0 Å². The van der Waals surface area contributed by atoms with Gasteiger partial charge in [0.15, 0.2) is 16.7 Å². The quantitative estimate of drug-likeness (QED) is 0.191. The summed E-state index contributed by atoms with van der Waals surface area (Å²) in [6.45, 7) is 0.280. The highest BCUT2D eigenvalue weighted by molar-refractivity contribution is 8.19. The number of methoxy groups -OCH3 is 1. The van der Waals surface area contributed by atoms with Crippen molar-refractivity contribution in [3.05, 3.63) is 121 Å². The van der Waals surface area contributed by atoms with Crippen LogP contribution in [-0.4, -0.2) is 18.2 Å². The average molecular weight is 630 g/mol. The first-order chi connectivity index (χ1) is 19.3. The Morgan fingerprint density at radius 2 is 1.45 bits per heavy atom. The van der Waals surface area contributed by atoms with Crippen LogP contribution >= 0.6 is 58.2 Å². The topological polar surface area (TPSA) is 51.1 Å². The predicted molar refractivity (Wildman–Crippen MR) is 167 cm³/mol. The number of benzene rings is 4. The Morgan fingerprint density at radius 1 is 0.850 bits per heavy atom. The second-order valence-electron chi connectivity index (χ2n) is 8.55. The number of hydrogen-bond donors (Lipinski definition) is 0. The van der Waals surface area contributed by atoms with E-state index in [1.165, 1.54) is 18.9 Å². The van der Waals surface area contributed by atoms with Gasteiger partial charge in [-0.3, -0.25) is 9.69 Å². The lowest BCUT2D eigenvalue weighted by Crippen LogP contribution is -2.28. The summed E-state index contributed by atoms with van der Waals surface area (Å²) >= 11 is 26.0. The Kier molecular flexibility index (Phi) is 8.94. The van der Waals surface area contributed by atoms with Crippen molar-refractivity contribution in [2.24, 2.45) is 4.99 Å². The van der Waals surface area contributed by atoms with Gasteiger partial charge in [-0.2, -0.15) is 0 Å². The summed E-state index contributed by atoms with van der Waals surface area (Å²) in [4.78, 5) is 20.4. The number of rotatable bonds is 7. The summed E-state index contributed by atoms with van der Waals surface area (Å²) < 4.78 is 11.5. The molecule has 5 nitrogen and oxygen atoms in total. The fourth-order valence-corrected chi connectivity index (χ4v) is 5.50. The van der Waals surface area contributed by atoms with Crippen LogP contribution in [0, 0.1) is 0 Å². The van der Waals surface area contributed by atoms with Gasteiger partial charge in [-0.25, -0.2) is 4.99 Å². The highest BCUT2D eigenvalue weighted by Crippen LogP contribution is 2.41. The smallest absolute Gasteiger partial charge is 0.271 e. The Labute approximate surface area is 255 Å². The van der Waals surface area contributed by atoms with Crippen LogP contribution < -0.4 is 14.4 Å². The standard InChI is InChI=1S/C30H20Cl4N2O3S/c1-38-26-15-19(14-25(34)28(26)39-17-18-2-4-20(31)5-3-18)16-27-29(37)36(24-12-8-22(33)9-13-24)30(40-27)35-23-10-6-21(32)7-11-23/h2-16H,17H2,1H3/b27-16-,35-30?. The van der Waals surface area contributed by atoms with Crippen molar-refractivity contribution < 1.29 is 14.3 Å². The number of aliphatic imine (C=N–C) groups is 1. The summed E-state index contributed by atoms with van der Waals surface area (Å²) in [5, 5.41) is 2.64. The van der Waals surface area contributed by atoms with Crippen molar-refractivity contribution in [1.82, 2.24) is 0 Å². The molecule has 40 heavy (non-hydrogen) atoms. The molecule has 0 aromatic heterocycles. The van der Waals surface area contributed by atoms with Crippen LogP contribution in [0.25, 0.3) is 6.08 Å². The lowest BCUT2D eigenvalue weighted by Gasteiger charge is -2.15. The molecular formula is C30H20Cl4N2O3S. The highest BCUT2D eigenvalue weighted by Gasteiger charge is 2.35. The molecule has 4 aromatic rings. The molecule has 0 atom stereocenters. The highest BCUT2D eigenvalue weighted by atomic mass is 35.5. The van der Waals surface area contributed by atoms with Crippen molar-refractivity contribution >= 4 is 86.7 Å². The molecule has 0 radical (unpaired) electrons. The molecule has 1 aliphatic heterocycles. The van der Waals surface area contributed by atoms with Crippen molar-refractivity contribution in [2.75, 3.05) is 12.0 Å². The third-order valence-corrected chi connectivity index (χ3v) is 7.79. The molecule has 0 unspecified atom stereocenters. The fourth-order valence-electron chi connectivity index (χ4n) is 3.84. The van der Waals surface area contributed by atoms with Crippen LogP contribution in [0.15, 0.2) is 94.8 Å². The van der Waals surface area contributed by atoms with E-state index in [0.717, 1.165) is 5.56 Å². The molecule has 10 heteroatoms. The molecule has 0 saturated carbocycles. The largest absolute Gasteiger partial charge is 0.493 e. The third kappa shape index (κ3) is 6.60. The Balaban J connectivity index is 1.46. The number of halogens is 4. The van der Waals surface area contributed by atoms with Gasteiger partial charge >= 0.3 is 0 Å². The third-order valence-electron chi connectivity index (χ3n) is 5.79. The number of carbonyl (C=O) groups is 1. The molecule has 1 saturated heterocycles. The number of hydrogen-bond acceptors (Lipinski definition) is 5. The van der Waals surface area contributed by atoms with Gasteiger partial charge in [0.2, 0.25) is 0 Å². The van der Waals surface area contributed by atoms with E-state index in [-0.39, 0.29) is 12.5 Å². The zero-order valence-electron chi connectivity index (χ0n) is 20.9. The molecule has 0 aliphatic carbocycles. The van der Waals surface area contributed by atoms with Crippen molar-refractivity contribution in [3.8, 4) is 11.5 Å². The summed E-state index contributed by atoms with van der Waals surface area (Å²) in [6, 6.07) is 24.9. The Hall–Kier alpha value is -3.13. The van der Waals surface area contributed by atoms with Gasteiger partial charge < -0.3 is 9.47 Å². The van der Waals surface area contributed by atoms with E-state index in [1.54, 1.807) is 83.8 Å². The number of anilines is 1. The molecule has 4 aromatic carbocycles. The zero-order valence-corrected chi connectivity index (χ0v) is 24.7. The van der Waals surface area contributed by atoms with Gasteiger partial charge in [-0.1, -0.05) is 58.5 Å². The fraction of sp³-hybridized carbons (Fsp3) is 0.0667. The maximum atomic E-state index is 13.6. The molecule has 0 bridgehead atoms. The molecule has 0 N–H and O–H groups in total. The van der Waals surface area contributed by atoms with Gasteiger partial charge in [-0.15, -0.1) is 0 Å². The van der Waals surface area contributed by atoms with Crippen LogP contribution in [0.5, 0.6) is 11.5 Å². The van der Waals surface area contributed by atoms with Gasteiger partial charge in [0.05, 0.1) is 28.4 Å². The number of carbonyl (C=O) groups excluding carboxylic acids is 1. The molecule has 1 amide bonds. The molecular weight excluding hydrogens is 610 g/mol. The van der Waals surface area contributed by atoms with Crippen LogP contribution in [0.2, 0.25) is 20.1 Å². The van der Waals surface area contributed by atoms with E-state index >= 15 is 0 Å². The first kappa shape index (κ1) is 28.4. The normalized spacial score (nSPS) is 15.2. The van der Waals surface area contributed by atoms with Gasteiger partial charge in [0.1, 0.15) is 6.61 Å². The van der Waals surface area contributed by atoms with Gasteiger partial charge in [0, 0.05) is 15.1 Å². The second kappa shape index (κ2) is 12.6. The molecule has 5 rings (SSSR count). The molecule has 1 fully saturated rings. The van der Waals surface area contributed by atoms with Gasteiger partial charge in [0.25, 0.3) is 5.91 Å². The van der Waals surface area contributed by atoms with Crippen LogP contribution in [0.1, 0.15) is 11.1 Å². The Morgan fingerprint density at radius 3 is 2.08 bits per heavy atom. The monoisotopic (exact) mass is 628 g/mol. The van der Waals surface area contributed by atoms with E-state index in [0.29, 0.717) is 58.6 Å². The van der Waals surface area contributed by atoms with E-state index in [2.05, 4.69) is 0 Å². The number of amidine groups is 1. The van der Waals surface area contributed by atoms with Gasteiger partial charge in [-0.05, 0) is 102 Å². The number of amides is 1. The second-order valence-corrected chi connectivity index (χ2v) is 11.3. The minimum absolute atomic E-state index is 0.238. The lowest BCUT2D eigenvalue weighted by atomic mass is 10.1. The maximum Gasteiger partial charge on any atom is 0.271 e. The molecule has 202 valence electrons. The van der Waals surface area contributed by atoms with E-state index in [4.69, 9.17) is 60.9 Å². The van der Waals surface area contributed by atoms with Crippen LogP contribution in [0.4, 0.5) is 11.4 Å². The summed E-state index contributed by atoms with van der Waals surface area (Å²) in [7, 11) is 1.53. The first-order valence-electron chi connectivity index (χ1n) is 11.9. The van der Waals surface area contributed by atoms with Crippen LogP contribution in [0.3, 0.4) is 0 Å². The van der Waals surface area contributed by atoms with Crippen LogP contribution in [-0.2, 0) is 11.4 Å². The number of thioether (sulfide) groups is 1. The summed E-state index contributed by atoms with van der Waals surface area (Å²) in [5.74, 6) is 0.603. The maximum absolute atomic E-state index is 13.6. The lowest BCUT2D eigenvalue weighted by molar-refractivity contribution is -0.113. The molecule has 0 spiro atoms. The van der Waals surface area contributed by atoms with E-state index in [1.807, 2.05) is 12.1 Å². The SMILES string of the molecule is COc1cc(/C=C2\SC(=Nc3ccc(Cl)cc3)N(c3ccc(Cl)cc3)C2=O)cc(Cl)c1OCc1ccc(Cl)cc1. The Bertz CT molecular complexity index is 1610. The first-order valence-corrected chi connectivity index (χ1v) is 14.2. The summed E-state index contributed by atoms with van der Waals surface area (Å²) in [6.07, 6.45) is 1.75. The number of ether oxygens (including phenoxy) is 2. The zero-order chi connectivity index (χ0) is 28.2. The molecule has 1 aliphatic rings. The van der Waals surface area contributed by atoms with Crippen molar-refractivity contribution in [2.45, 2.75) is 6.61 Å². The van der Waals surface area contributed by atoms with E-state index < -0.39 is 0 Å². The minimum atomic E-state index is -0.238. The number of nitrogens with zero attached hydrogens (tertiary/aromatic N) is 2. The molecule has 1 heterocycles. The van der Waals surface area contributed by atoms with Crippen molar-refractivity contribution in [1.29, 1.82) is 0 Å².